The van der Waals surface area contributed by atoms with Crippen LogP contribution in [0.25, 0.3) is 0 Å². The van der Waals surface area contributed by atoms with Crippen molar-refractivity contribution in [1.82, 2.24) is 4.98 Å². The van der Waals surface area contributed by atoms with Crippen molar-refractivity contribution >= 4 is 17.9 Å². The molecule has 0 saturated carbocycles. The molecule has 0 amide bonds. The third-order valence-electron chi connectivity index (χ3n) is 2.19. The molecule has 102 valence electrons. The average molecular weight is 271 g/mol. The lowest BCUT2D eigenvalue weighted by Crippen LogP contribution is -2.21. The number of nitrogens with zero attached hydrogens (tertiary/aromatic N) is 1. The van der Waals surface area contributed by atoms with Gasteiger partial charge in [-0.1, -0.05) is 0 Å². The van der Waals surface area contributed by atoms with E-state index in [1.807, 2.05) is 0 Å². The number of hydrogen-bond acceptors (Lipinski definition) is 7. The Hall–Kier alpha value is -2.51. The topological polar surface area (TPSA) is 91.8 Å². The molecule has 0 saturated heterocycles. The molecule has 0 N–H and O–H groups in total. The standard InChI is InChI=1S/C11H10FNO6/c1-17-9(14)6-5(12)4-13-8(11(16)19-3)7(6)10(15)18-2/h4H,1-3H3. The number of pyridine rings is 1. The monoisotopic (exact) mass is 271 g/mol. The first-order valence-corrected chi connectivity index (χ1v) is 4.91. The third kappa shape index (κ3) is 2.67. The van der Waals surface area contributed by atoms with Crippen molar-refractivity contribution in [3.8, 4) is 0 Å². The van der Waals surface area contributed by atoms with Crippen LogP contribution in [-0.4, -0.2) is 44.2 Å². The zero-order chi connectivity index (χ0) is 14.6. The normalized spacial score (nSPS) is 9.68. The smallest absolute Gasteiger partial charge is 0.357 e. The van der Waals surface area contributed by atoms with Crippen LogP contribution in [0.1, 0.15) is 31.2 Å². The molecule has 19 heavy (non-hydrogen) atoms. The molecule has 1 aromatic rings. The quantitative estimate of drug-likeness (QED) is 0.586. The van der Waals surface area contributed by atoms with Gasteiger partial charge in [-0.25, -0.2) is 23.8 Å². The first-order valence-electron chi connectivity index (χ1n) is 4.91. The van der Waals surface area contributed by atoms with Crippen molar-refractivity contribution in [3.05, 3.63) is 28.8 Å². The number of aromatic nitrogens is 1. The predicted molar refractivity (Wildman–Crippen MR) is 58.2 cm³/mol. The summed E-state index contributed by atoms with van der Waals surface area (Å²) >= 11 is 0. The van der Waals surface area contributed by atoms with Gasteiger partial charge in [-0.2, -0.15) is 0 Å². The van der Waals surface area contributed by atoms with Crippen LogP contribution < -0.4 is 0 Å². The second-order valence-corrected chi connectivity index (χ2v) is 3.18. The zero-order valence-corrected chi connectivity index (χ0v) is 10.4. The fourth-order valence-electron chi connectivity index (χ4n) is 1.34. The summed E-state index contributed by atoms with van der Waals surface area (Å²) in [6.45, 7) is 0. The van der Waals surface area contributed by atoms with E-state index >= 15 is 0 Å². The molecule has 0 aliphatic carbocycles. The Kier molecular flexibility index (Phi) is 4.51. The minimum absolute atomic E-state index is 0.531. The fourth-order valence-corrected chi connectivity index (χ4v) is 1.34. The molecule has 0 unspecified atom stereocenters. The van der Waals surface area contributed by atoms with E-state index in [0.717, 1.165) is 21.3 Å². The maximum atomic E-state index is 13.6. The van der Waals surface area contributed by atoms with E-state index in [4.69, 9.17) is 0 Å². The lowest BCUT2D eigenvalue weighted by molar-refractivity contribution is 0.0528. The largest absolute Gasteiger partial charge is 0.465 e. The molecule has 0 radical (unpaired) electrons. The molecule has 0 bridgehead atoms. The fraction of sp³-hybridized carbons (Fsp3) is 0.273. The Balaban J connectivity index is 3.64. The minimum atomic E-state index is -1.13. The van der Waals surface area contributed by atoms with Crippen LogP contribution >= 0.6 is 0 Å². The van der Waals surface area contributed by atoms with Gasteiger partial charge in [0.05, 0.1) is 27.5 Å². The summed E-state index contributed by atoms with van der Waals surface area (Å²) in [4.78, 5) is 38.0. The SMILES string of the molecule is COC(=O)c1ncc(F)c(C(=O)OC)c1C(=O)OC. The van der Waals surface area contributed by atoms with Gasteiger partial charge in [-0.15, -0.1) is 0 Å². The molecule has 1 rings (SSSR count). The second-order valence-electron chi connectivity index (χ2n) is 3.18. The molecule has 0 fully saturated rings. The van der Waals surface area contributed by atoms with Crippen molar-refractivity contribution in [3.63, 3.8) is 0 Å². The number of methoxy groups -OCH3 is 3. The van der Waals surface area contributed by atoms with Gasteiger partial charge < -0.3 is 14.2 Å². The van der Waals surface area contributed by atoms with E-state index in [1.54, 1.807) is 0 Å². The number of ether oxygens (including phenoxy) is 3. The van der Waals surface area contributed by atoms with Crippen molar-refractivity contribution in [2.24, 2.45) is 0 Å². The summed E-state index contributed by atoms with van der Waals surface area (Å²) in [5.74, 6) is -4.36. The molecule has 0 spiro atoms. The zero-order valence-electron chi connectivity index (χ0n) is 10.4. The Bertz CT molecular complexity index is 542. The average Bonchev–Trinajstić information content (AvgIpc) is 2.44. The van der Waals surface area contributed by atoms with Gasteiger partial charge in [0.1, 0.15) is 11.1 Å². The second kappa shape index (κ2) is 5.89. The summed E-state index contributed by atoms with van der Waals surface area (Å²) < 4.78 is 26.8. The van der Waals surface area contributed by atoms with E-state index in [1.165, 1.54) is 0 Å². The number of hydrogen-bond donors (Lipinski definition) is 0. The highest BCUT2D eigenvalue weighted by atomic mass is 19.1. The Morgan fingerprint density at radius 3 is 1.89 bits per heavy atom. The van der Waals surface area contributed by atoms with Crippen molar-refractivity contribution in [1.29, 1.82) is 0 Å². The first kappa shape index (κ1) is 14.6. The highest BCUT2D eigenvalue weighted by Crippen LogP contribution is 2.19. The van der Waals surface area contributed by atoms with Crippen LogP contribution in [-0.2, 0) is 14.2 Å². The van der Waals surface area contributed by atoms with Gasteiger partial charge in [0.2, 0.25) is 0 Å². The van der Waals surface area contributed by atoms with Crippen LogP contribution in [0, 0.1) is 5.82 Å². The molecule has 0 aliphatic heterocycles. The predicted octanol–water partition coefficient (Wildman–Crippen LogP) is 0.581. The van der Waals surface area contributed by atoms with Crippen molar-refractivity contribution in [2.45, 2.75) is 0 Å². The van der Waals surface area contributed by atoms with E-state index in [9.17, 15) is 18.8 Å². The summed E-state index contributed by atoms with van der Waals surface area (Å²) in [7, 11) is 3.06. The van der Waals surface area contributed by atoms with E-state index in [2.05, 4.69) is 19.2 Å². The maximum absolute atomic E-state index is 13.6. The molecule has 0 aliphatic rings. The molecule has 8 heteroatoms. The maximum Gasteiger partial charge on any atom is 0.357 e. The van der Waals surface area contributed by atoms with Gasteiger partial charge in [0.25, 0.3) is 0 Å². The van der Waals surface area contributed by atoms with Crippen LogP contribution in [0.15, 0.2) is 6.20 Å². The number of halogens is 1. The summed E-state index contributed by atoms with van der Waals surface area (Å²) in [5, 5.41) is 0. The Morgan fingerprint density at radius 2 is 1.42 bits per heavy atom. The van der Waals surface area contributed by atoms with E-state index in [0.29, 0.717) is 6.20 Å². The number of esters is 3. The van der Waals surface area contributed by atoms with Gasteiger partial charge in [0, 0.05) is 0 Å². The molecule has 1 aromatic heterocycles. The van der Waals surface area contributed by atoms with E-state index < -0.39 is 40.5 Å². The van der Waals surface area contributed by atoms with Gasteiger partial charge in [0.15, 0.2) is 11.5 Å². The minimum Gasteiger partial charge on any atom is -0.465 e. The molecular weight excluding hydrogens is 261 g/mol. The molecule has 0 aromatic carbocycles. The molecule has 0 atom stereocenters. The summed E-state index contributed by atoms with van der Waals surface area (Å²) in [6, 6.07) is 0. The lowest BCUT2D eigenvalue weighted by atomic mass is 10.1. The van der Waals surface area contributed by atoms with Gasteiger partial charge >= 0.3 is 17.9 Å². The first-order chi connectivity index (χ1) is 8.97. The third-order valence-corrected chi connectivity index (χ3v) is 2.19. The van der Waals surface area contributed by atoms with Crippen molar-refractivity contribution < 1.29 is 33.0 Å². The van der Waals surface area contributed by atoms with E-state index in [-0.39, 0.29) is 0 Å². The van der Waals surface area contributed by atoms with Crippen LogP contribution in [0.4, 0.5) is 4.39 Å². The van der Waals surface area contributed by atoms with Crippen molar-refractivity contribution in [2.75, 3.05) is 21.3 Å². The van der Waals surface area contributed by atoms with Gasteiger partial charge in [-0.05, 0) is 0 Å². The Morgan fingerprint density at radius 1 is 0.947 bits per heavy atom. The van der Waals surface area contributed by atoms with Gasteiger partial charge in [-0.3, -0.25) is 0 Å². The molecule has 1 heterocycles. The van der Waals surface area contributed by atoms with Crippen LogP contribution in [0.3, 0.4) is 0 Å². The highest BCUT2D eigenvalue weighted by Gasteiger charge is 2.30. The van der Waals surface area contributed by atoms with Crippen LogP contribution in [0.5, 0.6) is 0 Å². The number of rotatable bonds is 3. The summed E-state index contributed by atoms with van der Waals surface area (Å²) in [6.07, 6.45) is 0.616. The number of carbonyl (C=O) groups is 3. The Labute approximate surface area is 107 Å². The summed E-state index contributed by atoms with van der Waals surface area (Å²) in [5.41, 5.74) is -1.90. The lowest BCUT2D eigenvalue weighted by Gasteiger charge is -2.10. The highest BCUT2D eigenvalue weighted by molar-refractivity contribution is 6.09. The van der Waals surface area contributed by atoms with Crippen LogP contribution in [0.2, 0.25) is 0 Å². The molecule has 7 nitrogen and oxygen atoms in total. The molecular formula is C11H10FNO6. The number of carbonyl (C=O) groups excluding carboxylic acids is 3.